The summed E-state index contributed by atoms with van der Waals surface area (Å²) in [5.74, 6) is -1.66. The molecular weight excluding hydrogens is 301 g/mol. The van der Waals surface area contributed by atoms with Gasteiger partial charge in [0.2, 0.25) is 0 Å². The van der Waals surface area contributed by atoms with Gasteiger partial charge in [0, 0.05) is 5.56 Å². The Hall–Kier alpha value is -2.70. The molecule has 1 aliphatic rings. The average Bonchev–Trinajstić information content (AvgIpc) is 2.95. The summed E-state index contributed by atoms with van der Waals surface area (Å²) in [6.45, 7) is 0. The predicted octanol–water partition coefficient (Wildman–Crippen LogP) is 2.34. The van der Waals surface area contributed by atoms with Crippen LogP contribution in [0.3, 0.4) is 0 Å². The number of aliphatic carboxylic acids is 1. The van der Waals surface area contributed by atoms with Gasteiger partial charge >= 0.3 is 5.97 Å². The van der Waals surface area contributed by atoms with Crippen molar-refractivity contribution in [1.82, 2.24) is 15.5 Å². The molecule has 2 aromatic rings. The summed E-state index contributed by atoms with van der Waals surface area (Å²) >= 11 is 0. The lowest BCUT2D eigenvalue weighted by molar-refractivity contribution is -0.139. The second-order valence-corrected chi connectivity index (χ2v) is 5.83. The fraction of sp³-hybridized carbons (Fsp3) is 0.312. The van der Waals surface area contributed by atoms with Gasteiger partial charge in [-0.1, -0.05) is 0 Å². The maximum atomic E-state index is 12.9. The van der Waals surface area contributed by atoms with Gasteiger partial charge < -0.3 is 10.4 Å². The van der Waals surface area contributed by atoms with E-state index in [1.165, 1.54) is 12.1 Å². The molecule has 0 bridgehead atoms. The normalized spacial score (nSPS) is 15.7. The zero-order chi connectivity index (χ0) is 16.4. The Morgan fingerprint density at radius 3 is 2.57 bits per heavy atom. The van der Waals surface area contributed by atoms with E-state index in [9.17, 15) is 14.0 Å². The lowest BCUT2D eigenvalue weighted by Crippen LogP contribution is -2.54. The van der Waals surface area contributed by atoms with Crippen molar-refractivity contribution >= 4 is 11.9 Å². The number of hydrogen-bond acceptors (Lipinski definition) is 3. The zero-order valence-electron chi connectivity index (χ0n) is 12.3. The maximum absolute atomic E-state index is 12.9. The molecule has 1 aliphatic carbocycles. The number of carboxylic acids is 1. The van der Waals surface area contributed by atoms with Gasteiger partial charge in [-0.3, -0.25) is 14.7 Å². The summed E-state index contributed by atoms with van der Waals surface area (Å²) in [6.07, 6.45) is 2.13. The smallest absolute Gasteiger partial charge is 0.305 e. The Morgan fingerprint density at radius 2 is 2.00 bits per heavy atom. The summed E-state index contributed by atoms with van der Waals surface area (Å²) in [5.41, 5.74) is 0.798. The third kappa shape index (κ3) is 3.23. The number of amides is 1. The molecule has 3 rings (SSSR count). The molecule has 1 aromatic heterocycles. The molecule has 1 heterocycles. The predicted molar refractivity (Wildman–Crippen MR) is 80.3 cm³/mol. The summed E-state index contributed by atoms with van der Waals surface area (Å²) in [7, 11) is 0. The molecule has 0 aliphatic heterocycles. The van der Waals surface area contributed by atoms with E-state index in [2.05, 4.69) is 15.5 Å². The van der Waals surface area contributed by atoms with Crippen LogP contribution < -0.4 is 5.32 Å². The number of carboxylic acid groups (broad SMARTS) is 1. The first kappa shape index (κ1) is 15.2. The summed E-state index contributed by atoms with van der Waals surface area (Å²) in [4.78, 5) is 23.2. The number of nitrogens with one attached hydrogen (secondary N) is 2. The van der Waals surface area contributed by atoms with E-state index in [1.54, 1.807) is 18.2 Å². The lowest BCUT2D eigenvalue weighted by atomic mass is 9.74. The minimum absolute atomic E-state index is 0.0856. The quantitative estimate of drug-likeness (QED) is 0.789. The number of halogens is 1. The molecule has 6 nitrogen and oxygen atoms in total. The highest BCUT2D eigenvalue weighted by atomic mass is 19.1. The van der Waals surface area contributed by atoms with Gasteiger partial charge in [-0.25, -0.2) is 4.39 Å². The Morgan fingerprint density at radius 1 is 1.30 bits per heavy atom. The van der Waals surface area contributed by atoms with Crippen molar-refractivity contribution in [1.29, 1.82) is 0 Å². The SMILES string of the molecule is O=C(O)CC1(NC(=O)c2cc(-c3ccc(F)cc3)n[nH]2)CCC1. The molecule has 0 unspecified atom stereocenters. The van der Waals surface area contributed by atoms with E-state index in [0.29, 0.717) is 24.1 Å². The fourth-order valence-corrected chi connectivity index (χ4v) is 2.75. The van der Waals surface area contributed by atoms with E-state index < -0.39 is 11.5 Å². The Kier molecular flexibility index (Phi) is 3.85. The average molecular weight is 317 g/mol. The van der Waals surface area contributed by atoms with E-state index >= 15 is 0 Å². The van der Waals surface area contributed by atoms with E-state index in [-0.39, 0.29) is 23.8 Å². The van der Waals surface area contributed by atoms with Crippen LogP contribution in [0.2, 0.25) is 0 Å². The number of carbonyl (C=O) groups excluding carboxylic acids is 1. The summed E-state index contributed by atoms with van der Waals surface area (Å²) in [5, 5.41) is 18.5. The minimum Gasteiger partial charge on any atom is -0.481 e. The molecule has 0 spiro atoms. The molecule has 0 saturated heterocycles. The Labute approximate surface area is 131 Å². The van der Waals surface area contributed by atoms with Crippen LogP contribution in [0.5, 0.6) is 0 Å². The first-order valence-corrected chi connectivity index (χ1v) is 7.33. The number of rotatable bonds is 5. The number of nitrogens with zero attached hydrogens (tertiary/aromatic N) is 1. The van der Waals surface area contributed by atoms with Crippen molar-refractivity contribution in [2.24, 2.45) is 0 Å². The van der Waals surface area contributed by atoms with Gasteiger partial charge in [0.05, 0.1) is 17.7 Å². The molecule has 1 fully saturated rings. The van der Waals surface area contributed by atoms with Crippen LogP contribution >= 0.6 is 0 Å². The van der Waals surface area contributed by atoms with Crippen LogP contribution in [-0.4, -0.2) is 32.7 Å². The van der Waals surface area contributed by atoms with Crippen LogP contribution in [0.25, 0.3) is 11.3 Å². The molecule has 0 atom stereocenters. The number of aromatic amines is 1. The van der Waals surface area contributed by atoms with Gasteiger partial charge in [0.25, 0.3) is 5.91 Å². The minimum atomic E-state index is -0.929. The Balaban J connectivity index is 1.73. The van der Waals surface area contributed by atoms with Crippen LogP contribution in [0.1, 0.15) is 36.2 Å². The molecule has 120 valence electrons. The fourth-order valence-electron chi connectivity index (χ4n) is 2.75. The molecular formula is C16H16FN3O3. The van der Waals surface area contributed by atoms with Gasteiger partial charge in [0.1, 0.15) is 11.5 Å². The van der Waals surface area contributed by atoms with E-state index in [0.717, 1.165) is 6.42 Å². The van der Waals surface area contributed by atoms with Crippen molar-refractivity contribution < 1.29 is 19.1 Å². The van der Waals surface area contributed by atoms with E-state index in [4.69, 9.17) is 5.11 Å². The van der Waals surface area contributed by atoms with Gasteiger partial charge in [-0.15, -0.1) is 0 Å². The van der Waals surface area contributed by atoms with Crippen molar-refractivity contribution in [2.45, 2.75) is 31.2 Å². The second-order valence-electron chi connectivity index (χ2n) is 5.83. The molecule has 1 saturated carbocycles. The molecule has 1 aromatic carbocycles. The number of H-pyrrole nitrogens is 1. The van der Waals surface area contributed by atoms with Crippen LogP contribution in [0.15, 0.2) is 30.3 Å². The topological polar surface area (TPSA) is 95.1 Å². The second kappa shape index (κ2) is 5.83. The molecule has 23 heavy (non-hydrogen) atoms. The molecule has 7 heteroatoms. The van der Waals surface area contributed by atoms with Crippen LogP contribution in [0, 0.1) is 5.82 Å². The van der Waals surface area contributed by atoms with E-state index in [1.807, 2.05) is 0 Å². The highest BCUT2D eigenvalue weighted by molar-refractivity contribution is 5.94. The summed E-state index contributed by atoms with van der Waals surface area (Å²) in [6, 6.07) is 7.35. The third-order valence-corrected chi connectivity index (χ3v) is 4.14. The van der Waals surface area contributed by atoms with Gasteiger partial charge in [0.15, 0.2) is 0 Å². The van der Waals surface area contributed by atoms with Gasteiger partial charge in [-0.05, 0) is 49.6 Å². The molecule has 3 N–H and O–H groups in total. The highest BCUT2D eigenvalue weighted by Gasteiger charge is 2.40. The monoisotopic (exact) mass is 317 g/mol. The van der Waals surface area contributed by atoms with Crippen LogP contribution in [-0.2, 0) is 4.79 Å². The lowest BCUT2D eigenvalue weighted by Gasteiger charge is -2.41. The number of carbonyl (C=O) groups is 2. The Bertz CT molecular complexity index is 735. The maximum Gasteiger partial charge on any atom is 0.305 e. The third-order valence-electron chi connectivity index (χ3n) is 4.14. The number of benzene rings is 1. The zero-order valence-corrected chi connectivity index (χ0v) is 12.3. The van der Waals surface area contributed by atoms with Crippen molar-refractivity contribution in [3.63, 3.8) is 0 Å². The van der Waals surface area contributed by atoms with Crippen LogP contribution in [0.4, 0.5) is 4.39 Å². The highest BCUT2D eigenvalue weighted by Crippen LogP contribution is 2.35. The van der Waals surface area contributed by atoms with Crippen molar-refractivity contribution in [2.75, 3.05) is 0 Å². The van der Waals surface area contributed by atoms with Crippen molar-refractivity contribution in [3.05, 3.63) is 41.8 Å². The number of hydrogen-bond donors (Lipinski definition) is 3. The molecule has 0 radical (unpaired) electrons. The van der Waals surface area contributed by atoms with Crippen molar-refractivity contribution in [3.8, 4) is 11.3 Å². The summed E-state index contributed by atoms with van der Waals surface area (Å²) < 4.78 is 12.9. The standard InChI is InChI=1S/C16H16FN3O3/c17-11-4-2-10(3-5-11)12-8-13(20-19-12)15(23)18-16(6-1-7-16)9-14(21)22/h2-5,8H,1,6-7,9H2,(H,18,23)(H,19,20)(H,21,22). The largest absolute Gasteiger partial charge is 0.481 e. The number of aromatic nitrogens is 2. The molecule has 1 amide bonds. The first-order valence-electron chi connectivity index (χ1n) is 7.33. The van der Waals surface area contributed by atoms with Gasteiger partial charge in [-0.2, -0.15) is 5.10 Å². The first-order chi connectivity index (χ1) is 11.0.